The second-order valence-electron chi connectivity index (χ2n) is 8.02. The number of aliphatic imine (C=N–C) groups is 1. The molecule has 12 nitrogen and oxygen atoms in total. The van der Waals surface area contributed by atoms with Gasteiger partial charge in [0.25, 0.3) is 21.5 Å². The zero-order valence-corrected chi connectivity index (χ0v) is 22.3. The summed E-state index contributed by atoms with van der Waals surface area (Å²) >= 11 is 0. The number of amides is 1. The minimum atomic E-state index is -3.98. The molecule has 2 rings (SSSR count). The molecule has 1 aromatic carbocycles. The molecule has 0 radical (unpaired) electrons. The average Bonchev–Trinajstić information content (AvgIpc) is 2.83. The lowest BCUT2D eigenvalue weighted by Crippen LogP contribution is -2.36. The molecule has 13 heteroatoms. The van der Waals surface area contributed by atoms with E-state index in [0.717, 1.165) is 12.0 Å². The number of guanidine groups is 1. The van der Waals surface area contributed by atoms with Crippen LogP contribution in [0, 0.1) is 13.8 Å². The first-order valence-corrected chi connectivity index (χ1v) is 13.3. The van der Waals surface area contributed by atoms with E-state index < -0.39 is 21.5 Å². The number of nitrogens with two attached hydrogens (primary N) is 1. The van der Waals surface area contributed by atoms with Crippen LogP contribution in [-0.4, -0.2) is 50.5 Å². The molecule has 0 unspecified atom stereocenters. The van der Waals surface area contributed by atoms with Crippen molar-refractivity contribution < 1.29 is 22.8 Å². The molecule has 0 saturated carbocycles. The van der Waals surface area contributed by atoms with Crippen LogP contribution in [0.1, 0.15) is 37.9 Å². The van der Waals surface area contributed by atoms with Crippen molar-refractivity contribution in [1.82, 2.24) is 9.88 Å². The summed E-state index contributed by atoms with van der Waals surface area (Å²) in [5.74, 6) is -0.105. The number of rotatable bonds is 12. The van der Waals surface area contributed by atoms with Gasteiger partial charge in [-0.15, -0.1) is 0 Å². The number of hydrogen-bond donors (Lipinski definition) is 3. The smallest absolute Gasteiger partial charge is 0.275 e. The van der Waals surface area contributed by atoms with E-state index in [1.54, 1.807) is 32.0 Å². The third-order valence-corrected chi connectivity index (χ3v) is 6.29. The number of carbonyl (C=O) groups is 1. The summed E-state index contributed by atoms with van der Waals surface area (Å²) in [6.45, 7) is 7.50. The molecule has 0 spiro atoms. The lowest BCUT2D eigenvalue weighted by atomic mass is 10.2. The molecule has 0 bridgehead atoms. The molecular weight excluding hydrogens is 500 g/mol. The van der Waals surface area contributed by atoms with E-state index in [9.17, 15) is 18.0 Å². The van der Waals surface area contributed by atoms with Crippen molar-refractivity contribution >= 4 is 33.5 Å². The SMILES string of the molecule is CCC/C(=N\C(N)=N\OCCNC(=O)Cn1c(C)ccc(NS(=O)(=O)c2cccc(C)c2)c1=O)OCC. The topological polar surface area (TPSA) is 166 Å². The zero-order valence-electron chi connectivity index (χ0n) is 21.5. The third kappa shape index (κ3) is 9.26. The highest BCUT2D eigenvalue weighted by Crippen LogP contribution is 2.15. The van der Waals surface area contributed by atoms with E-state index in [4.69, 9.17) is 15.3 Å². The van der Waals surface area contributed by atoms with Gasteiger partial charge in [0, 0.05) is 12.1 Å². The van der Waals surface area contributed by atoms with Crippen molar-refractivity contribution in [2.45, 2.75) is 52.0 Å². The number of ether oxygens (including phenoxy) is 1. The maximum absolute atomic E-state index is 12.9. The minimum absolute atomic E-state index is 0.0178. The van der Waals surface area contributed by atoms with E-state index >= 15 is 0 Å². The van der Waals surface area contributed by atoms with E-state index in [1.807, 2.05) is 13.8 Å². The van der Waals surface area contributed by atoms with Gasteiger partial charge in [0.2, 0.25) is 5.91 Å². The van der Waals surface area contributed by atoms with Crippen LogP contribution in [0.15, 0.2) is 56.2 Å². The Kier molecular flexibility index (Phi) is 11.1. The molecular formula is C24H34N6O6S. The lowest BCUT2D eigenvalue weighted by Gasteiger charge is -2.13. The Labute approximate surface area is 216 Å². The minimum Gasteiger partial charge on any atom is -0.481 e. The van der Waals surface area contributed by atoms with Gasteiger partial charge in [-0.25, -0.2) is 8.42 Å². The number of nitrogens with zero attached hydrogens (tertiary/aromatic N) is 3. The molecule has 0 saturated heterocycles. The maximum atomic E-state index is 12.9. The molecule has 0 atom stereocenters. The second-order valence-corrected chi connectivity index (χ2v) is 9.71. The van der Waals surface area contributed by atoms with Crippen LogP contribution in [0.2, 0.25) is 0 Å². The number of carbonyl (C=O) groups excluding carboxylic acids is 1. The molecule has 4 N–H and O–H groups in total. The van der Waals surface area contributed by atoms with Gasteiger partial charge in [-0.2, -0.15) is 4.99 Å². The van der Waals surface area contributed by atoms with Crippen LogP contribution in [0.3, 0.4) is 0 Å². The predicted octanol–water partition coefficient (Wildman–Crippen LogP) is 1.86. The molecule has 37 heavy (non-hydrogen) atoms. The molecule has 1 heterocycles. The van der Waals surface area contributed by atoms with Gasteiger partial charge in [-0.3, -0.25) is 14.3 Å². The fourth-order valence-electron chi connectivity index (χ4n) is 3.17. The first kappa shape index (κ1) is 29.4. The number of aryl methyl sites for hydroxylation is 2. The fourth-order valence-corrected chi connectivity index (χ4v) is 4.33. The largest absolute Gasteiger partial charge is 0.481 e. The summed E-state index contributed by atoms with van der Waals surface area (Å²) < 4.78 is 34.3. The maximum Gasteiger partial charge on any atom is 0.275 e. The van der Waals surface area contributed by atoms with Gasteiger partial charge in [-0.1, -0.05) is 19.1 Å². The Morgan fingerprint density at radius 3 is 2.59 bits per heavy atom. The van der Waals surface area contributed by atoms with Crippen LogP contribution in [0.25, 0.3) is 0 Å². The lowest BCUT2D eigenvalue weighted by molar-refractivity contribution is -0.122. The summed E-state index contributed by atoms with van der Waals surface area (Å²) in [6, 6.07) is 9.24. The Balaban J connectivity index is 1.97. The molecule has 0 aliphatic heterocycles. The van der Waals surface area contributed by atoms with Gasteiger partial charge in [0.15, 0.2) is 5.90 Å². The Morgan fingerprint density at radius 2 is 1.92 bits per heavy atom. The number of pyridine rings is 1. The molecule has 1 amide bonds. The summed E-state index contributed by atoms with van der Waals surface area (Å²) in [5, 5.41) is 6.28. The summed E-state index contributed by atoms with van der Waals surface area (Å²) in [6.07, 6.45) is 1.45. The van der Waals surface area contributed by atoms with Crippen molar-refractivity contribution in [2.24, 2.45) is 15.9 Å². The fraction of sp³-hybridized carbons (Fsp3) is 0.417. The van der Waals surface area contributed by atoms with Crippen LogP contribution >= 0.6 is 0 Å². The molecule has 0 fully saturated rings. The number of benzene rings is 1. The Morgan fingerprint density at radius 1 is 1.16 bits per heavy atom. The van der Waals surface area contributed by atoms with Crippen LogP contribution in [-0.2, 0) is 30.9 Å². The summed E-state index contributed by atoms with van der Waals surface area (Å²) in [4.78, 5) is 34.4. The Bertz CT molecular complexity index is 1300. The highest BCUT2D eigenvalue weighted by Gasteiger charge is 2.18. The van der Waals surface area contributed by atoms with Gasteiger partial charge in [0.1, 0.15) is 18.8 Å². The molecule has 2 aromatic rings. The second kappa shape index (κ2) is 14.0. The van der Waals surface area contributed by atoms with E-state index in [1.165, 1.54) is 22.8 Å². The van der Waals surface area contributed by atoms with Crippen molar-refractivity contribution in [1.29, 1.82) is 0 Å². The number of hydrogen-bond acceptors (Lipinski definition) is 7. The quantitative estimate of drug-likeness (QED) is 0.162. The highest BCUT2D eigenvalue weighted by molar-refractivity contribution is 7.92. The van der Waals surface area contributed by atoms with E-state index in [2.05, 4.69) is 20.2 Å². The highest BCUT2D eigenvalue weighted by atomic mass is 32.2. The predicted molar refractivity (Wildman–Crippen MR) is 142 cm³/mol. The number of anilines is 1. The molecule has 1 aromatic heterocycles. The van der Waals surface area contributed by atoms with Crippen LogP contribution < -0.4 is 21.3 Å². The van der Waals surface area contributed by atoms with Crippen LogP contribution in [0.4, 0.5) is 5.69 Å². The zero-order chi connectivity index (χ0) is 27.4. The van der Waals surface area contributed by atoms with Gasteiger partial charge in [0.05, 0.1) is 18.0 Å². The molecule has 202 valence electrons. The van der Waals surface area contributed by atoms with Gasteiger partial charge in [-0.05, 0) is 62.2 Å². The first-order chi connectivity index (χ1) is 17.6. The van der Waals surface area contributed by atoms with E-state index in [0.29, 0.717) is 24.6 Å². The third-order valence-electron chi connectivity index (χ3n) is 4.93. The summed E-state index contributed by atoms with van der Waals surface area (Å²) in [7, 11) is -3.98. The molecule has 0 aliphatic rings. The van der Waals surface area contributed by atoms with E-state index in [-0.39, 0.29) is 36.2 Å². The van der Waals surface area contributed by atoms with Gasteiger partial charge < -0.3 is 25.2 Å². The van der Waals surface area contributed by atoms with Crippen molar-refractivity contribution in [3.63, 3.8) is 0 Å². The van der Waals surface area contributed by atoms with Crippen molar-refractivity contribution in [2.75, 3.05) is 24.5 Å². The number of aromatic nitrogens is 1. The van der Waals surface area contributed by atoms with Crippen molar-refractivity contribution in [3.05, 3.63) is 58.0 Å². The standard InChI is InChI=1S/C24H34N6O6S/c1-5-8-22(35-6-2)27-24(25)28-36-14-13-26-21(31)16-30-18(4)11-12-20(23(30)32)29-37(33,34)19-10-7-9-17(3)15-19/h7,9-12,15,29H,5-6,8,13-14,16H2,1-4H3,(H2,25,28)(H,26,31)/b27-22+. The number of nitrogens with one attached hydrogen (secondary N) is 2. The first-order valence-electron chi connectivity index (χ1n) is 11.8. The summed E-state index contributed by atoms with van der Waals surface area (Å²) in [5.41, 5.74) is 6.14. The monoisotopic (exact) mass is 534 g/mol. The number of sulfonamides is 1. The van der Waals surface area contributed by atoms with Crippen LogP contribution in [0.5, 0.6) is 0 Å². The van der Waals surface area contributed by atoms with Crippen molar-refractivity contribution in [3.8, 4) is 0 Å². The normalized spacial score (nSPS) is 12.2. The van der Waals surface area contributed by atoms with Gasteiger partial charge >= 0.3 is 0 Å². The molecule has 0 aliphatic carbocycles. The Hall–Kier alpha value is -3.87. The number of oxime groups is 1. The average molecular weight is 535 g/mol.